The number of aromatic nitrogens is 4. The maximum Gasteiger partial charge on any atom is 0.237 e. The summed E-state index contributed by atoms with van der Waals surface area (Å²) >= 11 is 1.26. The van der Waals surface area contributed by atoms with Crippen molar-refractivity contribution in [3.63, 3.8) is 0 Å². The zero-order chi connectivity index (χ0) is 22.5. The number of carbonyl (C=O) groups excluding carboxylic acids is 1. The Morgan fingerprint density at radius 2 is 1.88 bits per heavy atom. The number of para-hydroxylation sites is 1. The van der Waals surface area contributed by atoms with E-state index in [2.05, 4.69) is 20.7 Å². The van der Waals surface area contributed by atoms with Gasteiger partial charge in [0, 0.05) is 6.07 Å². The summed E-state index contributed by atoms with van der Waals surface area (Å²) in [5.74, 6) is 2.18. The lowest BCUT2D eigenvalue weighted by molar-refractivity contribution is -0.113. The van der Waals surface area contributed by atoms with Gasteiger partial charge >= 0.3 is 0 Å². The van der Waals surface area contributed by atoms with E-state index in [4.69, 9.17) is 14.0 Å². The monoisotopic (exact) mass is 451 g/mol. The third-order valence-electron chi connectivity index (χ3n) is 4.53. The summed E-state index contributed by atoms with van der Waals surface area (Å²) in [6.45, 7) is 1.78. The summed E-state index contributed by atoms with van der Waals surface area (Å²) < 4.78 is 17.7. The number of aryl methyl sites for hydroxylation is 1. The molecular formula is C22H21N5O4S. The highest BCUT2D eigenvalue weighted by molar-refractivity contribution is 7.99. The summed E-state index contributed by atoms with van der Waals surface area (Å²) in [5.41, 5.74) is 2.30. The van der Waals surface area contributed by atoms with Gasteiger partial charge < -0.3 is 14.0 Å². The molecule has 0 radical (unpaired) electrons. The molecule has 2 aromatic carbocycles. The minimum absolute atomic E-state index is 0.111. The van der Waals surface area contributed by atoms with Crippen LogP contribution in [0.25, 0.3) is 17.1 Å². The Labute approximate surface area is 188 Å². The molecule has 2 aromatic heterocycles. The number of amides is 1. The van der Waals surface area contributed by atoms with Gasteiger partial charge in [-0.15, -0.1) is 10.2 Å². The molecule has 0 aliphatic rings. The molecule has 1 amide bonds. The smallest absolute Gasteiger partial charge is 0.237 e. The molecule has 0 unspecified atom stereocenters. The van der Waals surface area contributed by atoms with E-state index in [0.717, 1.165) is 17.0 Å². The van der Waals surface area contributed by atoms with Crippen molar-refractivity contribution < 1.29 is 18.8 Å². The molecule has 0 saturated carbocycles. The standard InChI is InChI=1S/C22H21N5O4S/c1-14-12-20(31-26-14)23-19(28)13-32-22-25-24-21(17-6-4-5-7-18(17)30-3)27(22)15-8-10-16(29-2)11-9-15/h4-12H,13H2,1-3H3,(H,23,28). The third-order valence-corrected chi connectivity index (χ3v) is 5.46. The van der Waals surface area contributed by atoms with Crippen molar-refractivity contribution in [3.8, 4) is 28.6 Å². The number of thioether (sulfide) groups is 1. The summed E-state index contributed by atoms with van der Waals surface area (Å²) in [5, 5.41) is 15.7. The van der Waals surface area contributed by atoms with Crippen molar-refractivity contribution in [1.82, 2.24) is 19.9 Å². The first-order valence-corrected chi connectivity index (χ1v) is 10.7. The zero-order valence-electron chi connectivity index (χ0n) is 17.7. The molecule has 0 bridgehead atoms. The van der Waals surface area contributed by atoms with E-state index < -0.39 is 0 Å². The van der Waals surface area contributed by atoms with Gasteiger partial charge in [-0.3, -0.25) is 14.7 Å². The molecule has 9 nitrogen and oxygen atoms in total. The van der Waals surface area contributed by atoms with E-state index >= 15 is 0 Å². The lowest BCUT2D eigenvalue weighted by Gasteiger charge is -2.13. The molecule has 0 fully saturated rings. The normalized spacial score (nSPS) is 10.7. The largest absolute Gasteiger partial charge is 0.497 e. The Hall–Kier alpha value is -3.79. The SMILES string of the molecule is COc1ccc(-n2c(SCC(=O)Nc3cc(C)no3)nnc2-c2ccccc2OC)cc1. The van der Waals surface area contributed by atoms with Crippen molar-refractivity contribution in [2.24, 2.45) is 0 Å². The van der Waals surface area contributed by atoms with E-state index in [9.17, 15) is 4.79 Å². The highest BCUT2D eigenvalue weighted by atomic mass is 32.2. The van der Waals surface area contributed by atoms with Crippen LogP contribution < -0.4 is 14.8 Å². The Balaban J connectivity index is 1.65. The Kier molecular flexibility index (Phi) is 6.41. The highest BCUT2D eigenvalue weighted by Gasteiger charge is 2.20. The summed E-state index contributed by atoms with van der Waals surface area (Å²) in [4.78, 5) is 12.4. The molecular weight excluding hydrogens is 430 g/mol. The average Bonchev–Trinajstić information content (AvgIpc) is 3.43. The number of hydrogen-bond donors (Lipinski definition) is 1. The van der Waals surface area contributed by atoms with Crippen LogP contribution in [0.1, 0.15) is 5.69 Å². The molecule has 0 aliphatic heterocycles. The molecule has 2 heterocycles. The average molecular weight is 452 g/mol. The second-order valence-electron chi connectivity index (χ2n) is 6.71. The minimum Gasteiger partial charge on any atom is -0.497 e. The van der Waals surface area contributed by atoms with Gasteiger partial charge in [-0.2, -0.15) is 0 Å². The first-order valence-electron chi connectivity index (χ1n) is 9.68. The first-order chi connectivity index (χ1) is 15.6. The molecule has 164 valence electrons. The quantitative estimate of drug-likeness (QED) is 0.401. The van der Waals surface area contributed by atoms with Crippen molar-refractivity contribution in [1.29, 1.82) is 0 Å². The molecule has 4 aromatic rings. The Morgan fingerprint density at radius 3 is 2.56 bits per heavy atom. The highest BCUT2D eigenvalue weighted by Crippen LogP contribution is 2.33. The molecule has 4 rings (SSSR count). The van der Waals surface area contributed by atoms with Crippen LogP contribution in [0, 0.1) is 6.92 Å². The molecule has 32 heavy (non-hydrogen) atoms. The van der Waals surface area contributed by atoms with Gasteiger partial charge in [0.15, 0.2) is 11.0 Å². The molecule has 10 heteroatoms. The van der Waals surface area contributed by atoms with Crippen LogP contribution in [0.2, 0.25) is 0 Å². The Bertz CT molecular complexity index is 1220. The van der Waals surface area contributed by atoms with Crippen LogP contribution in [-0.2, 0) is 4.79 Å². The maximum atomic E-state index is 12.4. The van der Waals surface area contributed by atoms with Crippen LogP contribution in [-0.4, -0.2) is 45.8 Å². The van der Waals surface area contributed by atoms with E-state index in [0.29, 0.717) is 28.3 Å². The fourth-order valence-corrected chi connectivity index (χ4v) is 3.81. The molecule has 0 spiro atoms. The van der Waals surface area contributed by atoms with E-state index in [1.807, 2.05) is 53.1 Å². The third kappa shape index (κ3) is 4.59. The minimum atomic E-state index is -0.241. The zero-order valence-corrected chi connectivity index (χ0v) is 18.5. The Morgan fingerprint density at radius 1 is 1.09 bits per heavy atom. The number of carbonyl (C=O) groups is 1. The number of ether oxygens (including phenoxy) is 2. The number of nitrogens with zero attached hydrogens (tertiary/aromatic N) is 4. The van der Waals surface area contributed by atoms with E-state index in [1.165, 1.54) is 11.8 Å². The van der Waals surface area contributed by atoms with Gasteiger partial charge in [0.2, 0.25) is 11.8 Å². The fourth-order valence-electron chi connectivity index (χ4n) is 3.06. The second kappa shape index (κ2) is 9.56. The van der Waals surface area contributed by atoms with Gasteiger partial charge in [0.25, 0.3) is 0 Å². The van der Waals surface area contributed by atoms with Crippen molar-refractivity contribution in [2.45, 2.75) is 12.1 Å². The number of methoxy groups -OCH3 is 2. The van der Waals surface area contributed by atoms with Crippen molar-refractivity contribution in [2.75, 3.05) is 25.3 Å². The van der Waals surface area contributed by atoms with E-state index in [-0.39, 0.29) is 11.7 Å². The molecule has 0 aliphatic carbocycles. The molecule has 1 N–H and O–H groups in total. The van der Waals surface area contributed by atoms with Crippen LogP contribution in [0.3, 0.4) is 0 Å². The summed E-state index contributed by atoms with van der Waals surface area (Å²) in [6, 6.07) is 16.8. The summed E-state index contributed by atoms with van der Waals surface area (Å²) in [7, 11) is 3.22. The first kappa shape index (κ1) is 21.4. The molecule has 0 atom stereocenters. The summed E-state index contributed by atoms with van der Waals surface area (Å²) in [6.07, 6.45) is 0. The lowest BCUT2D eigenvalue weighted by Crippen LogP contribution is -2.14. The lowest BCUT2D eigenvalue weighted by atomic mass is 10.2. The number of rotatable bonds is 8. The van der Waals surface area contributed by atoms with Crippen LogP contribution in [0.4, 0.5) is 5.88 Å². The number of nitrogens with one attached hydrogen (secondary N) is 1. The van der Waals surface area contributed by atoms with Crippen molar-refractivity contribution >= 4 is 23.6 Å². The fraction of sp³-hybridized carbons (Fsp3) is 0.182. The predicted octanol–water partition coefficient (Wildman–Crippen LogP) is 3.98. The van der Waals surface area contributed by atoms with Crippen LogP contribution in [0.15, 0.2) is 64.3 Å². The molecule has 0 saturated heterocycles. The number of hydrogen-bond acceptors (Lipinski definition) is 8. The van der Waals surface area contributed by atoms with Gasteiger partial charge in [-0.05, 0) is 43.3 Å². The topological polar surface area (TPSA) is 104 Å². The van der Waals surface area contributed by atoms with Crippen molar-refractivity contribution in [3.05, 3.63) is 60.3 Å². The van der Waals surface area contributed by atoms with Crippen LogP contribution in [0.5, 0.6) is 11.5 Å². The van der Waals surface area contributed by atoms with Gasteiger partial charge in [-0.25, -0.2) is 0 Å². The maximum absolute atomic E-state index is 12.4. The van der Waals surface area contributed by atoms with Gasteiger partial charge in [0.1, 0.15) is 11.5 Å². The van der Waals surface area contributed by atoms with Gasteiger partial charge in [-0.1, -0.05) is 29.1 Å². The predicted molar refractivity (Wildman–Crippen MR) is 120 cm³/mol. The number of benzene rings is 2. The van der Waals surface area contributed by atoms with E-state index in [1.54, 1.807) is 27.2 Å². The van der Waals surface area contributed by atoms with Crippen LogP contribution >= 0.6 is 11.8 Å². The van der Waals surface area contributed by atoms with Gasteiger partial charge in [0.05, 0.1) is 36.9 Å². The second-order valence-corrected chi connectivity index (χ2v) is 7.65. The number of anilines is 1.